The summed E-state index contributed by atoms with van der Waals surface area (Å²) in [6, 6.07) is 5.33. The van der Waals surface area contributed by atoms with E-state index >= 15 is 0 Å². The van der Waals surface area contributed by atoms with Crippen molar-refractivity contribution in [3.8, 4) is 11.5 Å². The Balaban J connectivity index is 2.47. The third-order valence-corrected chi connectivity index (χ3v) is 2.84. The lowest BCUT2D eigenvalue weighted by Crippen LogP contribution is -1.85. The zero-order chi connectivity index (χ0) is 10.1. The highest BCUT2D eigenvalue weighted by Gasteiger charge is 2.07. The maximum atomic E-state index is 5.90. The molecule has 0 radical (unpaired) electrons. The van der Waals surface area contributed by atoms with Crippen LogP contribution in [0.15, 0.2) is 27.2 Å². The molecule has 0 amide bonds. The predicted octanol–water partition coefficient (Wildman–Crippen LogP) is 2.73. The van der Waals surface area contributed by atoms with Crippen LogP contribution in [0, 0.1) is 0 Å². The average molecular weight is 275 g/mol. The van der Waals surface area contributed by atoms with Crippen LogP contribution in [0.2, 0.25) is 5.02 Å². The van der Waals surface area contributed by atoms with Crippen molar-refractivity contribution in [3.63, 3.8) is 0 Å². The summed E-state index contributed by atoms with van der Waals surface area (Å²) in [5.74, 6) is 0.468. The number of aromatic nitrogens is 2. The summed E-state index contributed by atoms with van der Waals surface area (Å²) < 4.78 is 5.70. The normalized spacial score (nSPS) is 10.4. The van der Waals surface area contributed by atoms with Gasteiger partial charge in [-0.3, -0.25) is 0 Å². The number of nitrogens with zero attached hydrogens (tertiary/aromatic N) is 2. The van der Waals surface area contributed by atoms with Gasteiger partial charge in [-0.1, -0.05) is 11.6 Å². The molecule has 0 aliphatic rings. The lowest BCUT2D eigenvalue weighted by Gasteiger charge is -1.97. The quantitative estimate of drug-likeness (QED) is 0.868. The molecule has 14 heavy (non-hydrogen) atoms. The number of hydrogen-bond donors (Lipinski definition) is 1. The molecule has 0 atom stereocenters. The smallest absolute Gasteiger partial charge is 0.261 e. The fourth-order valence-electron chi connectivity index (χ4n) is 0.981. The molecule has 2 N–H and O–H groups in total. The van der Waals surface area contributed by atoms with Crippen LogP contribution in [-0.2, 0) is 0 Å². The topological polar surface area (TPSA) is 64.9 Å². The molecule has 4 nitrogen and oxygen atoms in total. The van der Waals surface area contributed by atoms with Crippen LogP contribution in [0.3, 0.4) is 0 Å². The van der Waals surface area contributed by atoms with E-state index in [4.69, 9.17) is 21.9 Å². The molecule has 1 aromatic heterocycles. The third-order valence-electron chi connectivity index (χ3n) is 1.61. The maximum absolute atomic E-state index is 5.90. The van der Waals surface area contributed by atoms with Gasteiger partial charge in [0.05, 0.1) is 5.02 Å². The highest BCUT2D eigenvalue weighted by atomic mass is 79.9. The monoisotopic (exact) mass is 273 g/mol. The molecule has 0 aliphatic carbocycles. The second-order valence-electron chi connectivity index (χ2n) is 2.59. The Bertz CT molecular complexity index is 471. The molecule has 0 saturated carbocycles. The van der Waals surface area contributed by atoms with Crippen molar-refractivity contribution in [1.82, 2.24) is 10.1 Å². The van der Waals surface area contributed by atoms with Crippen LogP contribution in [0.25, 0.3) is 11.5 Å². The minimum absolute atomic E-state index is 0.110. The molecule has 1 heterocycles. The van der Waals surface area contributed by atoms with Gasteiger partial charge in [-0.15, -0.1) is 0 Å². The van der Waals surface area contributed by atoms with E-state index in [2.05, 4.69) is 26.1 Å². The first-order valence-electron chi connectivity index (χ1n) is 3.71. The number of halogens is 2. The number of rotatable bonds is 1. The zero-order valence-electron chi connectivity index (χ0n) is 6.87. The molecular weight excluding hydrogens is 269 g/mol. The van der Waals surface area contributed by atoms with E-state index in [9.17, 15) is 0 Å². The number of anilines is 1. The van der Waals surface area contributed by atoms with Crippen LogP contribution in [0.5, 0.6) is 0 Å². The molecule has 72 valence electrons. The molecule has 0 bridgehead atoms. The summed E-state index contributed by atoms with van der Waals surface area (Å²) in [4.78, 5) is 3.88. The highest BCUT2D eigenvalue weighted by molar-refractivity contribution is 9.10. The van der Waals surface area contributed by atoms with Crippen molar-refractivity contribution < 1.29 is 4.52 Å². The van der Waals surface area contributed by atoms with Gasteiger partial charge in [-0.05, 0) is 39.3 Å². The first-order valence-corrected chi connectivity index (χ1v) is 4.88. The van der Waals surface area contributed by atoms with Crippen LogP contribution >= 0.6 is 27.5 Å². The fourth-order valence-corrected chi connectivity index (χ4v) is 1.41. The van der Waals surface area contributed by atoms with Crippen molar-refractivity contribution in [3.05, 3.63) is 27.7 Å². The van der Waals surface area contributed by atoms with E-state index in [1.54, 1.807) is 12.1 Å². The summed E-state index contributed by atoms with van der Waals surface area (Å²) in [5, 5.41) is 4.06. The van der Waals surface area contributed by atoms with Gasteiger partial charge >= 0.3 is 0 Å². The second kappa shape index (κ2) is 3.59. The molecule has 0 spiro atoms. The van der Waals surface area contributed by atoms with Crippen LogP contribution < -0.4 is 5.73 Å². The van der Waals surface area contributed by atoms with E-state index in [1.807, 2.05) is 6.07 Å². The van der Waals surface area contributed by atoms with Gasteiger partial charge in [0.15, 0.2) is 0 Å². The van der Waals surface area contributed by atoms with Gasteiger partial charge in [0, 0.05) is 10.0 Å². The number of hydrogen-bond acceptors (Lipinski definition) is 4. The number of benzene rings is 1. The van der Waals surface area contributed by atoms with Gasteiger partial charge in [-0.2, -0.15) is 4.98 Å². The SMILES string of the molecule is Nc1noc(-c2ccc(Br)c(Cl)c2)n1. The molecule has 2 rings (SSSR count). The lowest BCUT2D eigenvalue weighted by atomic mass is 10.2. The second-order valence-corrected chi connectivity index (χ2v) is 3.85. The molecule has 6 heteroatoms. The van der Waals surface area contributed by atoms with Crippen molar-refractivity contribution in [2.75, 3.05) is 5.73 Å². The Kier molecular flexibility index (Phi) is 2.43. The molecule has 0 fully saturated rings. The summed E-state index contributed by atoms with van der Waals surface area (Å²) in [5.41, 5.74) is 6.06. The van der Waals surface area contributed by atoms with Gasteiger partial charge < -0.3 is 10.3 Å². The fraction of sp³-hybridized carbons (Fsp3) is 0. The van der Waals surface area contributed by atoms with E-state index in [-0.39, 0.29) is 5.95 Å². The van der Waals surface area contributed by atoms with Crippen LogP contribution in [0.1, 0.15) is 0 Å². The first kappa shape index (κ1) is 9.48. The molecule has 0 aliphatic heterocycles. The van der Waals surface area contributed by atoms with E-state index in [0.717, 1.165) is 10.0 Å². The van der Waals surface area contributed by atoms with Crippen molar-refractivity contribution in [2.45, 2.75) is 0 Å². The average Bonchev–Trinajstić information content (AvgIpc) is 2.57. The van der Waals surface area contributed by atoms with Crippen LogP contribution in [0.4, 0.5) is 5.95 Å². The molecular formula is C8H5BrClN3O. The third kappa shape index (κ3) is 1.73. The summed E-state index contributed by atoms with van der Waals surface area (Å²) in [6.45, 7) is 0. The molecule has 1 aromatic carbocycles. The summed E-state index contributed by atoms with van der Waals surface area (Å²) >= 11 is 9.19. The standard InChI is InChI=1S/C8H5BrClN3O/c9-5-2-1-4(3-6(5)10)7-12-8(11)13-14-7/h1-3H,(H2,11,13). The first-order chi connectivity index (χ1) is 6.66. The minimum Gasteiger partial charge on any atom is -0.365 e. The van der Waals surface area contributed by atoms with E-state index in [1.165, 1.54) is 0 Å². The van der Waals surface area contributed by atoms with Crippen molar-refractivity contribution >= 4 is 33.5 Å². The number of nitrogens with two attached hydrogens (primary N) is 1. The van der Waals surface area contributed by atoms with Crippen molar-refractivity contribution in [1.29, 1.82) is 0 Å². The highest BCUT2D eigenvalue weighted by Crippen LogP contribution is 2.27. The predicted molar refractivity (Wildman–Crippen MR) is 56.9 cm³/mol. The van der Waals surface area contributed by atoms with Crippen LogP contribution in [-0.4, -0.2) is 10.1 Å². The lowest BCUT2D eigenvalue weighted by molar-refractivity contribution is 0.433. The Morgan fingerprint density at radius 3 is 2.79 bits per heavy atom. The van der Waals surface area contributed by atoms with E-state index < -0.39 is 0 Å². The Morgan fingerprint density at radius 1 is 1.43 bits per heavy atom. The number of nitrogen functional groups attached to an aromatic ring is 1. The summed E-state index contributed by atoms with van der Waals surface area (Å²) in [7, 11) is 0. The van der Waals surface area contributed by atoms with Gasteiger partial charge in [0.2, 0.25) is 0 Å². The van der Waals surface area contributed by atoms with Gasteiger partial charge in [0.1, 0.15) is 0 Å². The van der Waals surface area contributed by atoms with Gasteiger partial charge in [-0.25, -0.2) is 0 Å². The summed E-state index contributed by atoms with van der Waals surface area (Å²) in [6.07, 6.45) is 0. The Labute approximate surface area is 93.2 Å². The van der Waals surface area contributed by atoms with Gasteiger partial charge in [0.25, 0.3) is 11.8 Å². The Morgan fingerprint density at radius 2 is 2.21 bits per heavy atom. The minimum atomic E-state index is 0.110. The van der Waals surface area contributed by atoms with Crippen molar-refractivity contribution in [2.24, 2.45) is 0 Å². The molecule has 0 saturated heterocycles. The largest absolute Gasteiger partial charge is 0.365 e. The van der Waals surface area contributed by atoms with E-state index in [0.29, 0.717) is 10.9 Å². The Hall–Kier alpha value is -1.07. The molecule has 2 aromatic rings. The zero-order valence-corrected chi connectivity index (χ0v) is 9.21. The maximum Gasteiger partial charge on any atom is 0.261 e. The molecule has 0 unspecified atom stereocenters.